The molecule has 2 heterocycles. The number of tetrazole rings is 1. The highest BCUT2D eigenvalue weighted by Gasteiger charge is 2.23. The third-order valence-corrected chi connectivity index (χ3v) is 3.01. The maximum absolute atomic E-state index is 9.26. The molecule has 0 bridgehead atoms. The quantitative estimate of drug-likeness (QED) is 0.784. The second-order valence-corrected chi connectivity index (χ2v) is 4.16. The van der Waals surface area contributed by atoms with Crippen molar-refractivity contribution in [1.29, 1.82) is 0 Å². The van der Waals surface area contributed by atoms with Crippen LogP contribution in [0.3, 0.4) is 0 Å². The molecular formula is C11H13N5O. The molecule has 1 aliphatic heterocycles. The number of benzene rings is 1. The van der Waals surface area contributed by atoms with Gasteiger partial charge in [0.25, 0.3) is 0 Å². The first-order valence-corrected chi connectivity index (χ1v) is 5.63. The van der Waals surface area contributed by atoms with Gasteiger partial charge in [-0.25, -0.2) is 0 Å². The Bertz CT molecular complexity index is 501. The predicted molar refractivity (Wildman–Crippen MR) is 61.0 cm³/mol. The zero-order valence-electron chi connectivity index (χ0n) is 9.24. The molecule has 0 saturated carbocycles. The minimum atomic E-state index is 0.242. The summed E-state index contributed by atoms with van der Waals surface area (Å²) >= 11 is 0. The van der Waals surface area contributed by atoms with E-state index in [0.29, 0.717) is 5.92 Å². The second-order valence-electron chi connectivity index (χ2n) is 4.16. The minimum absolute atomic E-state index is 0.242. The molecule has 0 radical (unpaired) electrons. The molecule has 88 valence electrons. The number of rotatable bonds is 2. The van der Waals surface area contributed by atoms with Crippen LogP contribution in [0.25, 0.3) is 5.69 Å². The third kappa shape index (κ3) is 1.87. The smallest absolute Gasteiger partial charge is 0.161 e. The van der Waals surface area contributed by atoms with Crippen LogP contribution in [-0.4, -0.2) is 38.4 Å². The van der Waals surface area contributed by atoms with Gasteiger partial charge in [-0.2, -0.15) is 4.68 Å². The third-order valence-electron chi connectivity index (χ3n) is 3.01. The lowest BCUT2D eigenvalue weighted by atomic mass is 10.1. The SMILES string of the molecule is Oc1ccc(-n2nnnc2C2CCNC2)cc1. The summed E-state index contributed by atoms with van der Waals surface area (Å²) in [4.78, 5) is 0. The summed E-state index contributed by atoms with van der Waals surface area (Å²) in [6.07, 6.45) is 1.05. The van der Waals surface area contributed by atoms with Gasteiger partial charge in [0.1, 0.15) is 5.75 Å². The molecular weight excluding hydrogens is 218 g/mol. The van der Waals surface area contributed by atoms with Gasteiger partial charge in [0, 0.05) is 12.5 Å². The molecule has 2 aromatic rings. The topological polar surface area (TPSA) is 75.9 Å². The second kappa shape index (κ2) is 4.14. The Morgan fingerprint density at radius 2 is 2.12 bits per heavy atom. The first-order chi connectivity index (χ1) is 8.34. The van der Waals surface area contributed by atoms with Gasteiger partial charge in [0.2, 0.25) is 0 Å². The van der Waals surface area contributed by atoms with Crippen molar-refractivity contribution in [3.63, 3.8) is 0 Å². The van der Waals surface area contributed by atoms with Gasteiger partial charge in [0.05, 0.1) is 5.69 Å². The fraction of sp³-hybridized carbons (Fsp3) is 0.364. The van der Waals surface area contributed by atoms with Crippen LogP contribution in [0.2, 0.25) is 0 Å². The van der Waals surface area contributed by atoms with Crippen molar-refractivity contribution in [2.45, 2.75) is 12.3 Å². The van der Waals surface area contributed by atoms with E-state index in [0.717, 1.165) is 31.0 Å². The molecule has 2 N–H and O–H groups in total. The highest BCUT2D eigenvalue weighted by molar-refractivity contribution is 5.36. The Labute approximate surface area is 98.3 Å². The van der Waals surface area contributed by atoms with Crippen LogP contribution in [0.5, 0.6) is 5.75 Å². The van der Waals surface area contributed by atoms with Crippen LogP contribution in [0.1, 0.15) is 18.2 Å². The molecule has 3 rings (SSSR count). The summed E-state index contributed by atoms with van der Waals surface area (Å²) in [5, 5.41) is 24.4. The number of aromatic nitrogens is 4. The summed E-state index contributed by atoms with van der Waals surface area (Å²) < 4.78 is 1.73. The average Bonchev–Trinajstić information content (AvgIpc) is 3.00. The number of nitrogens with zero attached hydrogens (tertiary/aromatic N) is 4. The van der Waals surface area contributed by atoms with Gasteiger partial charge in [-0.1, -0.05) is 0 Å². The largest absolute Gasteiger partial charge is 0.508 e. The van der Waals surface area contributed by atoms with Gasteiger partial charge in [-0.15, -0.1) is 5.10 Å². The zero-order chi connectivity index (χ0) is 11.7. The van der Waals surface area contributed by atoms with E-state index in [2.05, 4.69) is 20.8 Å². The van der Waals surface area contributed by atoms with Crippen LogP contribution >= 0.6 is 0 Å². The predicted octanol–water partition coefficient (Wildman–Crippen LogP) is 0.445. The summed E-state index contributed by atoms with van der Waals surface area (Å²) in [7, 11) is 0. The van der Waals surface area contributed by atoms with E-state index in [9.17, 15) is 5.11 Å². The lowest BCUT2D eigenvalue weighted by Gasteiger charge is -2.08. The lowest BCUT2D eigenvalue weighted by molar-refractivity contribution is 0.475. The van der Waals surface area contributed by atoms with E-state index in [1.807, 2.05) is 0 Å². The monoisotopic (exact) mass is 231 g/mol. The Morgan fingerprint density at radius 1 is 1.29 bits per heavy atom. The summed E-state index contributed by atoms with van der Waals surface area (Å²) in [6, 6.07) is 6.87. The van der Waals surface area contributed by atoms with E-state index in [-0.39, 0.29) is 5.75 Å². The summed E-state index contributed by atoms with van der Waals surface area (Å²) in [5.74, 6) is 1.48. The van der Waals surface area contributed by atoms with Crippen molar-refractivity contribution in [1.82, 2.24) is 25.5 Å². The van der Waals surface area contributed by atoms with Gasteiger partial charge in [-0.05, 0) is 47.7 Å². The Morgan fingerprint density at radius 3 is 2.82 bits per heavy atom. The fourth-order valence-electron chi connectivity index (χ4n) is 2.10. The van der Waals surface area contributed by atoms with E-state index in [1.54, 1.807) is 28.9 Å². The first-order valence-electron chi connectivity index (χ1n) is 5.63. The lowest BCUT2D eigenvalue weighted by Crippen LogP contribution is -2.12. The molecule has 1 aliphatic rings. The number of nitrogens with one attached hydrogen (secondary N) is 1. The van der Waals surface area contributed by atoms with Gasteiger partial charge in [-0.3, -0.25) is 0 Å². The number of phenolic OH excluding ortho intramolecular Hbond substituents is 1. The maximum atomic E-state index is 9.26. The van der Waals surface area contributed by atoms with Crippen molar-refractivity contribution in [2.75, 3.05) is 13.1 Å². The molecule has 6 heteroatoms. The van der Waals surface area contributed by atoms with E-state index < -0.39 is 0 Å². The number of aromatic hydroxyl groups is 1. The fourth-order valence-corrected chi connectivity index (χ4v) is 2.10. The average molecular weight is 231 g/mol. The van der Waals surface area contributed by atoms with Crippen molar-refractivity contribution >= 4 is 0 Å². The molecule has 1 atom stereocenters. The van der Waals surface area contributed by atoms with Crippen LogP contribution in [0.15, 0.2) is 24.3 Å². The molecule has 17 heavy (non-hydrogen) atoms. The zero-order valence-corrected chi connectivity index (χ0v) is 9.24. The molecule has 1 fully saturated rings. The van der Waals surface area contributed by atoms with Crippen molar-refractivity contribution < 1.29 is 5.11 Å². The Kier molecular flexibility index (Phi) is 2.49. The van der Waals surface area contributed by atoms with Crippen molar-refractivity contribution in [3.8, 4) is 11.4 Å². The van der Waals surface area contributed by atoms with E-state index in [4.69, 9.17) is 0 Å². The molecule has 1 aromatic carbocycles. The summed E-state index contributed by atoms with van der Waals surface area (Å²) in [5.41, 5.74) is 0.870. The number of phenols is 1. The minimum Gasteiger partial charge on any atom is -0.508 e. The number of hydrogen-bond acceptors (Lipinski definition) is 5. The molecule has 6 nitrogen and oxygen atoms in total. The van der Waals surface area contributed by atoms with Crippen LogP contribution in [-0.2, 0) is 0 Å². The highest BCUT2D eigenvalue weighted by Crippen LogP contribution is 2.22. The van der Waals surface area contributed by atoms with Gasteiger partial charge in [0.15, 0.2) is 5.82 Å². The van der Waals surface area contributed by atoms with E-state index in [1.165, 1.54) is 0 Å². The van der Waals surface area contributed by atoms with Gasteiger partial charge >= 0.3 is 0 Å². The highest BCUT2D eigenvalue weighted by atomic mass is 16.3. The normalized spacial score (nSPS) is 19.6. The van der Waals surface area contributed by atoms with Crippen molar-refractivity contribution in [3.05, 3.63) is 30.1 Å². The molecule has 1 unspecified atom stereocenters. The van der Waals surface area contributed by atoms with Crippen molar-refractivity contribution in [2.24, 2.45) is 0 Å². The molecule has 1 saturated heterocycles. The Hall–Kier alpha value is -1.95. The molecule has 0 aliphatic carbocycles. The molecule has 0 spiro atoms. The van der Waals surface area contributed by atoms with Gasteiger partial charge < -0.3 is 10.4 Å². The van der Waals surface area contributed by atoms with Crippen LogP contribution in [0.4, 0.5) is 0 Å². The van der Waals surface area contributed by atoms with Crippen LogP contribution < -0.4 is 5.32 Å². The van der Waals surface area contributed by atoms with Crippen LogP contribution in [0, 0.1) is 0 Å². The first kappa shape index (κ1) is 10.2. The number of hydrogen-bond donors (Lipinski definition) is 2. The maximum Gasteiger partial charge on any atom is 0.161 e. The van der Waals surface area contributed by atoms with E-state index >= 15 is 0 Å². The molecule has 0 amide bonds. The molecule has 1 aromatic heterocycles. The summed E-state index contributed by atoms with van der Waals surface area (Å²) in [6.45, 7) is 1.92. The standard InChI is InChI=1S/C11H13N5O/c17-10-3-1-9(2-4-10)16-11(13-14-15-16)8-5-6-12-7-8/h1-4,8,12,17H,5-7H2. The Balaban J connectivity index is 1.97.